The summed E-state index contributed by atoms with van der Waals surface area (Å²) in [5.74, 6) is -2.58. The van der Waals surface area contributed by atoms with Crippen LogP contribution in [-0.2, 0) is 28.7 Å². The zero-order chi connectivity index (χ0) is 31.5. The van der Waals surface area contributed by atoms with E-state index in [1.807, 2.05) is 45.0 Å². The molecule has 11 heteroatoms. The van der Waals surface area contributed by atoms with Gasteiger partial charge in [-0.05, 0) is 68.7 Å². The molecule has 1 saturated heterocycles. The number of hydrogen-bond donors (Lipinski definition) is 3. The molecule has 5 bridgehead atoms. The number of esters is 1. The van der Waals surface area contributed by atoms with Gasteiger partial charge in [0.05, 0.1) is 17.7 Å². The first-order valence-electron chi connectivity index (χ1n) is 14.8. The Balaban J connectivity index is 1.71. The Morgan fingerprint density at radius 3 is 2.49 bits per heavy atom. The highest BCUT2D eigenvalue weighted by Crippen LogP contribution is 2.27. The standard InChI is InChI=1S/C32H43N5O6/c1-18(2)27-29(39)34-20(4)30(40)37-14-8-13-32(6,36-37)31(41)43-21(5)22-9-10-23-17-33-25(16-24(23)15-22)11-12-26(42-7)19(3)28(38)35-27/h9-12,15-21,26-27,36H,8,13-14H2,1-7H3,(H,34,39)(H,35,38)/b12-11+/t19-,20+,21-,26-,27?,32+/m1/s1. The van der Waals surface area contributed by atoms with Crippen LogP contribution in [0.25, 0.3) is 16.8 Å². The van der Waals surface area contributed by atoms with Crippen molar-refractivity contribution in [1.82, 2.24) is 26.1 Å². The Labute approximate surface area is 252 Å². The smallest absolute Gasteiger partial charge is 0.328 e. The Morgan fingerprint density at radius 1 is 1.05 bits per heavy atom. The summed E-state index contributed by atoms with van der Waals surface area (Å²) >= 11 is 0. The molecule has 2 aliphatic heterocycles. The van der Waals surface area contributed by atoms with Crippen LogP contribution in [0, 0.1) is 11.8 Å². The number of hydrogen-bond acceptors (Lipinski definition) is 8. The number of cyclic esters (lactones) is 1. The van der Waals surface area contributed by atoms with Crippen molar-refractivity contribution in [3.05, 3.63) is 47.8 Å². The Morgan fingerprint density at radius 2 is 1.79 bits per heavy atom. The molecular weight excluding hydrogens is 550 g/mol. The number of amides is 3. The largest absolute Gasteiger partial charge is 0.456 e. The van der Waals surface area contributed by atoms with Crippen molar-refractivity contribution in [3.8, 4) is 0 Å². The summed E-state index contributed by atoms with van der Waals surface area (Å²) in [6.45, 7) is 10.8. The number of carbonyl (C=O) groups excluding carboxylic acids is 4. The van der Waals surface area contributed by atoms with Gasteiger partial charge in [-0.2, -0.15) is 0 Å². The predicted molar refractivity (Wildman–Crippen MR) is 162 cm³/mol. The fourth-order valence-electron chi connectivity index (χ4n) is 5.40. The summed E-state index contributed by atoms with van der Waals surface area (Å²) < 4.78 is 11.5. The lowest BCUT2D eigenvalue weighted by atomic mass is 9.94. The van der Waals surface area contributed by atoms with E-state index in [-0.39, 0.29) is 11.8 Å². The molecule has 1 aromatic heterocycles. The zero-order valence-electron chi connectivity index (χ0n) is 26.0. The van der Waals surface area contributed by atoms with E-state index in [2.05, 4.69) is 21.0 Å². The van der Waals surface area contributed by atoms with E-state index < -0.39 is 53.5 Å². The van der Waals surface area contributed by atoms with E-state index in [9.17, 15) is 19.2 Å². The monoisotopic (exact) mass is 593 g/mol. The van der Waals surface area contributed by atoms with Gasteiger partial charge in [0.1, 0.15) is 23.7 Å². The van der Waals surface area contributed by atoms with Gasteiger partial charge in [0.25, 0.3) is 5.91 Å². The first-order valence-corrected chi connectivity index (χ1v) is 14.8. The normalized spacial score (nSPS) is 30.4. The highest BCUT2D eigenvalue weighted by molar-refractivity contribution is 5.93. The molecule has 11 nitrogen and oxygen atoms in total. The lowest BCUT2D eigenvalue weighted by Gasteiger charge is -2.41. The van der Waals surface area contributed by atoms with Crippen LogP contribution in [0.1, 0.15) is 71.7 Å². The van der Waals surface area contributed by atoms with Crippen molar-refractivity contribution in [2.24, 2.45) is 11.8 Å². The molecule has 3 heterocycles. The van der Waals surface area contributed by atoms with Crippen molar-refractivity contribution < 1.29 is 28.7 Å². The van der Waals surface area contributed by atoms with Gasteiger partial charge < -0.3 is 20.1 Å². The third-order valence-corrected chi connectivity index (χ3v) is 8.29. The highest BCUT2D eigenvalue weighted by Gasteiger charge is 2.42. The summed E-state index contributed by atoms with van der Waals surface area (Å²) in [6.07, 6.45) is 5.24. The van der Waals surface area contributed by atoms with Gasteiger partial charge in [-0.1, -0.05) is 39.0 Å². The van der Waals surface area contributed by atoms with Crippen molar-refractivity contribution >= 4 is 40.5 Å². The molecule has 1 aromatic carbocycles. The summed E-state index contributed by atoms with van der Waals surface area (Å²) in [4.78, 5) is 57.9. The molecule has 6 atom stereocenters. The third-order valence-electron chi connectivity index (χ3n) is 8.29. The Bertz CT molecular complexity index is 1410. The molecule has 0 aliphatic carbocycles. The summed E-state index contributed by atoms with van der Waals surface area (Å²) in [5.41, 5.74) is 3.41. The topological polar surface area (TPSA) is 139 Å². The fourth-order valence-corrected chi connectivity index (χ4v) is 5.40. The van der Waals surface area contributed by atoms with Crippen LogP contribution >= 0.6 is 0 Å². The van der Waals surface area contributed by atoms with Crippen LogP contribution in [0.4, 0.5) is 0 Å². The van der Waals surface area contributed by atoms with Crippen LogP contribution < -0.4 is 16.1 Å². The number of aromatic nitrogens is 1. The fraction of sp³-hybridized carbons (Fsp3) is 0.531. The minimum Gasteiger partial charge on any atom is -0.456 e. The van der Waals surface area contributed by atoms with E-state index in [4.69, 9.17) is 9.47 Å². The van der Waals surface area contributed by atoms with Crippen LogP contribution in [0.5, 0.6) is 0 Å². The molecule has 3 amide bonds. The first kappa shape index (κ1) is 32.1. The summed E-state index contributed by atoms with van der Waals surface area (Å²) in [7, 11) is 1.52. The number of ether oxygens (including phenoxy) is 2. The van der Waals surface area contributed by atoms with E-state index in [0.29, 0.717) is 25.1 Å². The van der Waals surface area contributed by atoms with E-state index in [0.717, 1.165) is 16.3 Å². The molecular formula is C32H43N5O6. The number of benzene rings is 1. The van der Waals surface area contributed by atoms with Crippen LogP contribution in [-0.4, -0.2) is 71.1 Å². The molecule has 43 heavy (non-hydrogen) atoms. The molecule has 0 spiro atoms. The number of methoxy groups -OCH3 is 1. The summed E-state index contributed by atoms with van der Waals surface area (Å²) in [5, 5.41) is 8.80. The van der Waals surface area contributed by atoms with Gasteiger partial charge in [0.15, 0.2) is 0 Å². The van der Waals surface area contributed by atoms with Crippen molar-refractivity contribution in [2.45, 2.75) is 84.2 Å². The second kappa shape index (κ2) is 13.2. The molecule has 232 valence electrons. The number of nitrogens with zero attached hydrogens (tertiary/aromatic N) is 2. The van der Waals surface area contributed by atoms with Gasteiger partial charge >= 0.3 is 5.97 Å². The molecule has 2 aromatic rings. The number of carbonyl (C=O) groups is 4. The lowest BCUT2D eigenvalue weighted by molar-refractivity contribution is -0.164. The average Bonchev–Trinajstić information content (AvgIpc) is 2.98. The Hall–Kier alpha value is -3.83. The zero-order valence-corrected chi connectivity index (χ0v) is 26.0. The van der Waals surface area contributed by atoms with E-state index in [1.54, 1.807) is 39.1 Å². The maximum absolute atomic E-state index is 13.4. The number of hydrazine groups is 1. The number of rotatable bonds is 2. The van der Waals surface area contributed by atoms with Gasteiger partial charge in [-0.3, -0.25) is 24.4 Å². The van der Waals surface area contributed by atoms with Crippen LogP contribution in [0.3, 0.4) is 0 Å². The minimum atomic E-state index is -1.13. The maximum Gasteiger partial charge on any atom is 0.328 e. The van der Waals surface area contributed by atoms with Gasteiger partial charge in [0.2, 0.25) is 11.8 Å². The van der Waals surface area contributed by atoms with Gasteiger partial charge in [0, 0.05) is 25.2 Å². The molecule has 2 aliphatic rings. The van der Waals surface area contributed by atoms with Crippen LogP contribution in [0.15, 0.2) is 36.5 Å². The molecule has 1 fully saturated rings. The number of fused-ring (bicyclic) bond motifs is 4. The van der Waals surface area contributed by atoms with E-state index >= 15 is 0 Å². The minimum absolute atomic E-state index is 0.250. The molecule has 4 rings (SSSR count). The maximum atomic E-state index is 13.4. The molecule has 0 radical (unpaired) electrons. The van der Waals surface area contributed by atoms with Crippen LogP contribution in [0.2, 0.25) is 0 Å². The van der Waals surface area contributed by atoms with Crippen molar-refractivity contribution in [3.63, 3.8) is 0 Å². The number of nitrogens with one attached hydrogen (secondary N) is 3. The number of pyridine rings is 1. The highest BCUT2D eigenvalue weighted by atomic mass is 16.5. The van der Waals surface area contributed by atoms with Gasteiger partial charge in [-0.25, -0.2) is 10.2 Å². The molecule has 1 unspecified atom stereocenters. The van der Waals surface area contributed by atoms with E-state index in [1.165, 1.54) is 12.1 Å². The third kappa shape index (κ3) is 7.22. The van der Waals surface area contributed by atoms with Crippen molar-refractivity contribution in [2.75, 3.05) is 13.7 Å². The quantitative estimate of drug-likeness (QED) is 0.452. The van der Waals surface area contributed by atoms with Crippen molar-refractivity contribution in [1.29, 1.82) is 0 Å². The Kier molecular flexibility index (Phi) is 9.86. The molecule has 0 saturated carbocycles. The SMILES string of the molecule is CO[C@@H]1/C=C/c2cc3cc(ccc3cn2)[C@@H](C)OC(=O)[C@]2(C)CCCN(N2)C(=O)[C@H](C)NC(=O)C(C(C)C)NC(=O)[C@@H]1C. The summed E-state index contributed by atoms with van der Waals surface area (Å²) in [6, 6.07) is 5.93. The second-order valence-electron chi connectivity index (χ2n) is 12.1. The molecule has 3 N–H and O–H groups in total. The first-order chi connectivity index (χ1) is 20.3. The predicted octanol–water partition coefficient (Wildman–Crippen LogP) is 3.05. The second-order valence-corrected chi connectivity index (χ2v) is 12.1. The average molecular weight is 594 g/mol. The lowest BCUT2D eigenvalue weighted by Crippen LogP contribution is -2.65. The van der Waals surface area contributed by atoms with Gasteiger partial charge in [-0.15, -0.1) is 0 Å².